The van der Waals surface area contributed by atoms with Gasteiger partial charge in [0.1, 0.15) is 6.61 Å². The van der Waals surface area contributed by atoms with Crippen LogP contribution in [-0.4, -0.2) is 40.4 Å². The SMILES string of the molecule is C=CCS(=O)CC1CO[P+](O)(OC)O1. The molecule has 0 saturated carbocycles. The van der Waals surface area contributed by atoms with Gasteiger partial charge in [-0.2, -0.15) is 13.9 Å². The molecule has 5 nitrogen and oxygen atoms in total. The van der Waals surface area contributed by atoms with Crippen LogP contribution in [0.4, 0.5) is 0 Å². The zero-order valence-electron chi connectivity index (χ0n) is 7.92. The first-order chi connectivity index (χ1) is 6.59. The molecular weight excluding hydrogens is 227 g/mol. The molecule has 0 aromatic carbocycles. The van der Waals surface area contributed by atoms with Crippen molar-refractivity contribution in [3.8, 4) is 0 Å². The topological polar surface area (TPSA) is 65.0 Å². The van der Waals surface area contributed by atoms with Crippen molar-refractivity contribution in [2.45, 2.75) is 6.10 Å². The van der Waals surface area contributed by atoms with Gasteiger partial charge in [0, 0.05) is 16.6 Å². The van der Waals surface area contributed by atoms with E-state index in [9.17, 15) is 9.10 Å². The number of rotatable bonds is 5. The van der Waals surface area contributed by atoms with Crippen molar-refractivity contribution < 1.29 is 22.7 Å². The Morgan fingerprint density at radius 3 is 3.07 bits per heavy atom. The van der Waals surface area contributed by atoms with E-state index in [-0.39, 0.29) is 12.7 Å². The first-order valence-electron chi connectivity index (χ1n) is 4.06. The molecular formula is C7H14O5PS+. The molecule has 0 amide bonds. The van der Waals surface area contributed by atoms with Crippen molar-refractivity contribution in [2.75, 3.05) is 25.2 Å². The van der Waals surface area contributed by atoms with Crippen LogP contribution in [0.15, 0.2) is 12.7 Å². The average Bonchev–Trinajstić information content (AvgIpc) is 2.49. The van der Waals surface area contributed by atoms with Gasteiger partial charge in [0.25, 0.3) is 0 Å². The van der Waals surface area contributed by atoms with Gasteiger partial charge < -0.3 is 0 Å². The van der Waals surface area contributed by atoms with E-state index in [1.165, 1.54) is 7.11 Å². The maximum atomic E-state index is 11.3. The van der Waals surface area contributed by atoms with Crippen LogP contribution in [0.1, 0.15) is 0 Å². The molecule has 0 aromatic rings. The van der Waals surface area contributed by atoms with E-state index in [1.54, 1.807) is 6.08 Å². The molecule has 1 saturated heterocycles. The Balaban J connectivity index is 2.35. The summed E-state index contributed by atoms with van der Waals surface area (Å²) in [5, 5.41) is 0. The lowest BCUT2D eigenvalue weighted by molar-refractivity contribution is 0.172. The van der Waals surface area contributed by atoms with E-state index < -0.39 is 19.0 Å². The van der Waals surface area contributed by atoms with E-state index in [2.05, 4.69) is 11.1 Å². The monoisotopic (exact) mass is 241 g/mol. The Labute approximate surface area is 86.2 Å². The van der Waals surface area contributed by atoms with Crippen molar-refractivity contribution in [1.82, 2.24) is 0 Å². The van der Waals surface area contributed by atoms with Crippen molar-refractivity contribution >= 4 is 19.0 Å². The van der Waals surface area contributed by atoms with Crippen LogP contribution in [0.3, 0.4) is 0 Å². The molecule has 1 aliphatic heterocycles. The smallest absolute Gasteiger partial charge is 0.259 e. The Hall–Kier alpha value is 0.160. The summed E-state index contributed by atoms with van der Waals surface area (Å²) in [5.41, 5.74) is 0. The van der Waals surface area contributed by atoms with Crippen molar-refractivity contribution in [1.29, 1.82) is 0 Å². The third-order valence-electron chi connectivity index (χ3n) is 1.61. The summed E-state index contributed by atoms with van der Waals surface area (Å²) in [6.07, 6.45) is 1.23. The molecule has 1 heterocycles. The van der Waals surface area contributed by atoms with Crippen molar-refractivity contribution in [3.63, 3.8) is 0 Å². The zero-order chi connectivity index (χ0) is 10.6. The van der Waals surface area contributed by atoms with Crippen LogP contribution in [-0.2, 0) is 24.4 Å². The van der Waals surface area contributed by atoms with Crippen LogP contribution in [0.5, 0.6) is 0 Å². The third-order valence-corrected chi connectivity index (χ3v) is 4.46. The normalized spacial score (nSPS) is 34.3. The van der Waals surface area contributed by atoms with E-state index in [0.29, 0.717) is 11.5 Å². The Morgan fingerprint density at radius 1 is 1.86 bits per heavy atom. The predicted molar refractivity (Wildman–Crippen MR) is 55.0 cm³/mol. The minimum atomic E-state index is -3.09. The van der Waals surface area contributed by atoms with E-state index in [0.717, 1.165) is 0 Å². The summed E-state index contributed by atoms with van der Waals surface area (Å²) in [4.78, 5) is 9.44. The minimum absolute atomic E-state index is 0.223. The first kappa shape index (κ1) is 12.2. The summed E-state index contributed by atoms with van der Waals surface area (Å²) in [5.74, 6) is 0.751. The molecule has 7 heteroatoms. The van der Waals surface area contributed by atoms with Gasteiger partial charge in [0.2, 0.25) is 0 Å². The van der Waals surface area contributed by atoms with E-state index in [4.69, 9.17) is 9.05 Å². The maximum Gasteiger partial charge on any atom is 0.572 e. The summed E-state index contributed by atoms with van der Waals surface area (Å²) < 4.78 is 26.0. The van der Waals surface area contributed by atoms with E-state index in [1.807, 2.05) is 0 Å². The van der Waals surface area contributed by atoms with Crippen LogP contribution >= 0.6 is 8.17 Å². The quantitative estimate of drug-likeness (QED) is 0.565. The summed E-state index contributed by atoms with van der Waals surface area (Å²) in [6, 6.07) is 0. The van der Waals surface area contributed by atoms with Gasteiger partial charge in [-0.15, -0.1) is 11.1 Å². The largest absolute Gasteiger partial charge is 0.572 e. The zero-order valence-corrected chi connectivity index (χ0v) is 9.63. The molecule has 3 unspecified atom stereocenters. The van der Waals surface area contributed by atoms with Gasteiger partial charge in [-0.25, -0.2) is 0 Å². The summed E-state index contributed by atoms with van der Waals surface area (Å²) >= 11 is 0. The van der Waals surface area contributed by atoms with Gasteiger partial charge in [0.15, 0.2) is 6.10 Å². The summed E-state index contributed by atoms with van der Waals surface area (Å²) in [7, 11) is -2.79. The first-order valence-corrected chi connectivity index (χ1v) is 7.04. The molecule has 82 valence electrons. The number of hydrogen-bond acceptors (Lipinski definition) is 5. The van der Waals surface area contributed by atoms with Gasteiger partial charge >= 0.3 is 8.17 Å². The van der Waals surface area contributed by atoms with Crippen molar-refractivity contribution in [3.05, 3.63) is 12.7 Å². The molecule has 0 aromatic heterocycles. The highest BCUT2D eigenvalue weighted by Crippen LogP contribution is 2.62. The highest BCUT2D eigenvalue weighted by atomic mass is 32.2. The fourth-order valence-electron chi connectivity index (χ4n) is 1.01. The molecule has 1 fully saturated rings. The van der Waals surface area contributed by atoms with E-state index >= 15 is 0 Å². The molecule has 0 aliphatic carbocycles. The lowest BCUT2D eigenvalue weighted by Gasteiger charge is -2.05. The Kier molecular flexibility index (Phi) is 4.63. The van der Waals surface area contributed by atoms with Crippen LogP contribution in [0.2, 0.25) is 0 Å². The second kappa shape index (κ2) is 5.30. The molecule has 1 aliphatic rings. The molecule has 14 heavy (non-hydrogen) atoms. The fourth-order valence-corrected chi connectivity index (χ4v) is 3.21. The standard InChI is InChI=1S/C7H14O5PS/c1-3-4-14(9)6-7-5-11-13(8,10-2)12-7/h3,7-8H,1,4-6H2,2H3/q+1. The van der Waals surface area contributed by atoms with Gasteiger partial charge in [-0.1, -0.05) is 6.08 Å². The molecule has 0 spiro atoms. The molecule has 3 atom stereocenters. The fraction of sp³-hybridized carbons (Fsp3) is 0.714. The Morgan fingerprint density at radius 2 is 2.57 bits per heavy atom. The molecule has 0 radical (unpaired) electrons. The maximum absolute atomic E-state index is 11.3. The highest BCUT2D eigenvalue weighted by Gasteiger charge is 2.53. The van der Waals surface area contributed by atoms with Gasteiger partial charge in [0.05, 0.1) is 12.9 Å². The molecule has 0 bridgehead atoms. The molecule has 1 N–H and O–H groups in total. The van der Waals surface area contributed by atoms with Gasteiger partial charge in [-0.05, 0) is 0 Å². The third kappa shape index (κ3) is 3.38. The van der Waals surface area contributed by atoms with Crippen LogP contribution < -0.4 is 0 Å². The highest BCUT2D eigenvalue weighted by molar-refractivity contribution is 7.85. The average molecular weight is 241 g/mol. The van der Waals surface area contributed by atoms with Crippen LogP contribution in [0.25, 0.3) is 0 Å². The van der Waals surface area contributed by atoms with Crippen molar-refractivity contribution in [2.24, 2.45) is 0 Å². The Bertz CT molecular complexity index is 236. The second-order valence-corrected chi connectivity index (χ2v) is 6.05. The van der Waals surface area contributed by atoms with Crippen LogP contribution in [0, 0.1) is 0 Å². The van der Waals surface area contributed by atoms with Gasteiger partial charge in [-0.3, -0.25) is 4.21 Å². The predicted octanol–water partition coefficient (Wildman–Crippen LogP) is 0.653. The second-order valence-electron chi connectivity index (χ2n) is 2.74. The lowest BCUT2D eigenvalue weighted by atomic mass is 10.4. The minimum Gasteiger partial charge on any atom is -0.259 e. The lowest BCUT2D eigenvalue weighted by Crippen LogP contribution is -2.19. The number of hydrogen-bond donors (Lipinski definition) is 1. The summed E-state index contributed by atoms with van der Waals surface area (Å²) in [6.45, 7) is 3.71. The molecule has 1 rings (SSSR count).